The first-order chi connectivity index (χ1) is 13.2. The fourth-order valence-electron chi connectivity index (χ4n) is 3.10. The molecule has 1 aliphatic carbocycles. The van der Waals surface area contributed by atoms with Gasteiger partial charge in [-0.3, -0.25) is 4.52 Å². The molecule has 140 valence electrons. The second-order valence-electron chi connectivity index (χ2n) is 6.23. The number of fused-ring (bicyclic) bond motifs is 1. The van der Waals surface area contributed by atoms with Crippen LogP contribution in [0.3, 0.4) is 0 Å². The molecule has 0 atom stereocenters. The van der Waals surface area contributed by atoms with Gasteiger partial charge in [-0.2, -0.15) is 5.26 Å². The van der Waals surface area contributed by atoms with Gasteiger partial charge in [0.15, 0.2) is 0 Å². The maximum absolute atomic E-state index is 12.2. The molecular weight excluding hydrogens is 368 g/mol. The molecule has 1 saturated heterocycles. The van der Waals surface area contributed by atoms with Gasteiger partial charge in [0.2, 0.25) is 5.27 Å². The lowest BCUT2D eigenvalue weighted by Gasteiger charge is -2.18. The quantitative estimate of drug-likeness (QED) is 0.302. The molecule has 0 saturated carbocycles. The van der Waals surface area contributed by atoms with Crippen LogP contribution in [0.4, 0.5) is 5.88 Å². The molecule has 0 amide bonds. The van der Waals surface area contributed by atoms with E-state index in [4.69, 9.17) is 9.26 Å². The summed E-state index contributed by atoms with van der Waals surface area (Å²) in [6.07, 6.45) is 4.52. The van der Waals surface area contributed by atoms with Gasteiger partial charge in [-0.05, 0) is 36.8 Å². The van der Waals surface area contributed by atoms with Gasteiger partial charge in [-0.15, -0.1) is 5.01 Å². The summed E-state index contributed by atoms with van der Waals surface area (Å²) < 4.78 is 10.4. The van der Waals surface area contributed by atoms with Gasteiger partial charge in [0.05, 0.1) is 36.7 Å². The van der Waals surface area contributed by atoms with E-state index < -0.39 is 0 Å². The molecule has 0 radical (unpaired) electrons. The van der Waals surface area contributed by atoms with Gasteiger partial charge in [0, 0.05) is 11.4 Å². The van der Waals surface area contributed by atoms with E-state index in [9.17, 15) is 10.4 Å². The van der Waals surface area contributed by atoms with Crippen LogP contribution in [-0.4, -0.2) is 48.2 Å². The summed E-state index contributed by atoms with van der Waals surface area (Å²) in [6, 6.07) is 4.06. The van der Waals surface area contributed by atoms with Crippen molar-refractivity contribution >= 4 is 23.5 Å². The Morgan fingerprint density at radius 1 is 1.41 bits per heavy atom. The van der Waals surface area contributed by atoms with E-state index >= 15 is 0 Å². The number of aliphatic imine (C=N–C) groups is 1. The third-order valence-electron chi connectivity index (χ3n) is 4.42. The lowest BCUT2D eigenvalue weighted by Crippen LogP contribution is -2.62. The predicted molar refractivity (Wildman–Crippen MR) is 94.3 cm³/mol. The number of morpholine rings is 1. The Morgan fingerprint density at radius 3 is 3.07 bits per heavy atom. The van der Waals surface area contributed by atoms with Crippen molar-refractivity contribution < 1.29 is 19.2 Å². The molecule has 2 aromatic heterocycles. The number of aromatic nitrogens is 3. The predicted octanol–water partition coefficient (Wildman–Crippen LogP) is -0.132. The number of hydrogen-bond acceptors (Lipinski definition) is 9. The van der Waals surface area contributed by atoms with Crippen molar-refractivity contribution in [3.8, 4) is 6.07 Å². The molecule has 0 spiro atoms. The number of hydrogen-bond donors (Lipinski definition) is 0. The van der Waals surface area contributed by atoms with Crippen LogP contribution in [-0.2, 0) is 17.6 Å². The summed E-state index contributed by atoms with van der Waals surface area (Å²) in [4.78, 5) is 10.0. The van der Waals surface area contributed by atoms with Crippen LogP contribution in [0.15, 0.2) is 26.8 Å². The van der Waals surface area contributed by atoms with Crippen molar-refractivity contribution in [1.82, 2.24) is 10.3 Å². The monoisotopic (exact) mass is 386 g/mol. The number of thioether (sulfide) groups is 1. The highest BCUT2D eigenvalue weighted by Gasteiger charge is 2.22. The number of rotatable bonds is 5. The number of nitriles is 1. The Kier molecular flexibility index (Phi) is 5.22. The minimum Gasteiger partial charge on any atom is -0.861 e. The van der Waals surface area contributed by atoms with Crippen molar-refractivity contribution in [2.24, 2.45) is 4.99 Å². The second kappa shape index (κ2) is 7.94. The summed E-state index contributed by atoms with van der Waals surface area (Å²) >= 11 is 1.23. The van der Waals surface area contributed by atoms with Crippen molar-refractivity contribution in [2.45, 2.75) is 24.3 Å². The highest BCUT2D eigenvalue weighted by atomic mass is 32.2. The van der Waals surface area contributed by atoms with Gasteiger partial charge in [-0.25, -0.2) is 9.98 Å². The summed E-state index contributed by atoms with van der Waals surface area (Å²) in [6.45, 7) is 2.64. The van der Waals surface area contributed by atoms with E-state index in [0.29, 0.717) is 36.9 Å². The van der Waals surface area contributed by atoms with Crippen LogP contribution in [0, 0.1) is 11.3 Å². The fourth-order valence-corrected chi connectivity index (χ4v) is 3.86. The van der Waals surface area contributed by atoms with E-state index in [1.54, 1.807) is 6.20 Å². The van der Waals surface area contributed by atoms with Crippen LogP contribution in [0.2, 0.25) is 0 Å². The SMILES string of the molecule is N#Cc1cc2c(nc1SC/C([O-])=N/c1c[n+](N3CCOCC3)no1)CCC2. The maximum atomic E-state index is 12.2. The molecular formula is C17H18N6O3S. The van der Waals surface area contributed by atoms with Gasteiger partial charge in [0.25, 0.3) is 6.20 Å². The topological polar surface area (TPSA) is 114 Å². The molecule has 0 bridgehead atoms. The Hall–Kier alpha value is -2.64. The third-order valence-corrected chi connectivity index (χ3v) is 5.40. The number of nitrogens with zero attached hydrogens (tertiary/aromatic N) is 6. The van der Waals surface area contributed by atoms with Crippen LogP contribution < -0.4 is 14.9 Å². The van der Waals surface area contributed by atoms with Gasteiger partial charge < -0.3 is 9.84 Å². The van der Waals surface area contributed by atoms with E-state index in [2.05, 4.69) is 21.3 Å². The lowest BCUT2D eigenvalue weighted by molar-refractivity contribution is -0.759. The highest BCUT2D eigenvalue weighted by molar-refractivity contribution is 7.99. The third kappa shape index (κ3) is 4.04. The zero-order valence-electron chi connectivity index (χ0n) is 14.6. The molecule has 1 fully saturated rings. The second-order valence-corrected chi connectivity index (χ2v) is 7.20. The van der Waals surface area contributed by atoms with Crippen molar-refractivity contribution in [3.63, 3.8) is 0 Å². The van der Waals surface area contributed by atoms with Gasteiger partial charge in [-0.1, -0.05) is 11.8 Å². The smallest absolute Gasteiger partial charge is 0.324 e. The molecule has 0 aromatic carbocycles. The van der Waals surface area contributed by atoms with Gasteiger partial charge in [0.1, 0.15) is 11.1 Å². The molecule has 9 nitrogen and oxygen atoms in total. The van der Waals surface area contributed by atoms with Crippen molar-refractivity contribution in [2.75, 3.05) is 37.1 Å². The lowest BCUT2D eigenvalue weighted by atomic mass is 10.2. The molecule has 0 N–H and O–H groups in total. The number of aryl methyl sites for hydroxylation is 2. The number of pyridine rings is 1. The van der Waals surface area contributed by atoms with Crippen LogP contribution in [0.5, 0.6) is 0 Å². The molecule has 4 rings (SSSR count). The molecule has 27 heavy (non-hydrogen) atoms. The fraction of sp³-hybridized carbons (Fsp3) is 0.471. The van der Waals surface area contributed by atoms with Crippen molar-refractivity contribution in [1.29, 1.82) is 5.26 Å². The molecule has 0 unspecified atom stereocenters. The van der Waals surface area contributed by atoms with E-state index in [0.717, 1.165) is 30.5 Å². The van der Waals surface area contributed by atoms with E-state index in [1.165, 1.54) is 16.6 Å². The standard InChI is InChI=1S/C17H18N6O3S/c18-9-13-8-12-2-1-3-14(12)19-17(13)27-11-15(24)20-16-10-23(21-26-16)22-4-6-25-7-5-22/h8,10H,1-7,11H2. The molecule has 2 aromatic rings. The largest absolute Gasteiger partial charge is 0.861 e. The minimum atomic E-state index is -0.364. The summed E-state index contributed by atoms with van der Waals surface area (Å²) in [5, 5.41) is 27.9. The molecule has 10 heteroatoms. The zero-order valence-corrected chi connectivity index (χ0v) is 15.4. The van der Waals surface area contributed by atoms with E-state index in [-0.39, 0.29) is 17.5 Å². The van der Waals surface area contributed by atoms with Crippen LogP contribution in [0.1, 0.15) is 23.2 Å². The van der Waals surface area contributed by atoms with Crippen molar-refractivity contribution in [3.05, 3.63) is 29.1 Å². The molecule has 2 aliphatic rings. The summed E-state index contributed by atoms with van der Waals surface area (Å²) in [5.41, 5.74) is 2.68. The van der Waals surface area contributed by atoms with Crippen LogP contribution in [0.25, 0.3) is 0 Å². The Morgan fingerprint density at radius 2 is 2.26 bits per heavy atom. The first kappa shape index (κ1) is 17.8. The number of ether oxygens (including phenoxy) is 1. The highest BCUT2D eigenvalue weighted by Crippen LogP contribution is 2.27. The Bertz CT molecular complexity index is 901. The average Bonchev–Trinajstić information content (AvgIpc) is 3.35. The zero-order chi connectivity index (χ0) is 18.6. The Balaban J connectivity index is 1.42. The molecule has 3 heterocycles. The maximum Gasteiger partial charge on any atom is 0.324 e. The first-order valence-corrected chi connectivity index (χ1v) is 9.73. The normalized spacial score (nSPS) is 17.0. The summed E-state index contributed by atoms with van der Waals surface area (Å²) in [5.74, 6) is -0.135. The average molecular weight is 386 g/mol. The first-order valence-electron chi connectivity index (χ1n) is 8.75. The molecule has 1 aliphatic heterocycles. The Labute approximate surface area is 160 Å². The van der Waals surface area contributed by atoms with Gasteiger partial charge >= 0.3 is 5.88 Å². The minimum absolute atomic E-state index is 0.0821. The summed E-state index contributed by atoms with van der Waals surface area (Å²) in [7, 11) is 0. The van der Waals surface area contributed by atoms with E-state index in [1.807, 2.05) is 11.1 Å². The van der Waals surface area contributed by atoms with Crippen LogP contribution >= 0.6 is 11.8 Å².